The van der Waals surface area contributed by atoms with E-state index in [1.807, 2.05) is 0 Å². The number of carbonyl (C=O) groups excluding carboxylic acids is 1. The van der Waals surface area contributed by atoms with Crippen LogP contribution < -0.4 is 5.32 Å². The molecular weight excluding hydrogens is 267 g/mol. The fourth-order valence-corrected chi connectivity index (χ4v) is 1.46. The van der Waals surface area contributed by atoms with Crippen molar-refractivity contribution in [2.45, 2.75) is 13.0 Å². The first kappa shape index (κ1) is 13.7. The highest BCUT2D eigenvalue weighted by Crippen LogP contribution is 2.20. The van der Waals surface area contributed by atoms with E-state index in [1.54, 1.807) is 6.92 Å². The Morgan fingerprint density at radius 2 is 2.18 bits per heavy atom. The van der Waals surface area contributed by atoms with E-state index < -0.39 is 10.8 Å². The number of amides is 1. The number of alkyl halides is 1. The summed E-state index contributed by atoms with van der Waals surface area (Å²) in [5.74, 6) is -0.183. The van der Waals surface area contributed by atoms with Gasteiger partial charge in [-0.05, 0) is 13.0 Å². The number of nitrogens with zero attached hydrogens (tertiary/aromatic N) is 1. The summed E-state index contributed by atoms with van der Waals surface area (Å²) >= 11 is 11.2. The van der Waals surface area contributed by atoms with Crippen molar-refractivity contribution in [3.63, 3.8) is 0 Å². The molecule has 7 heteroatoms. The maximum atomic E-state index is 11.7. The van der Waals surface area contributed by atoms with Crippen LogP contribution >= 0.6 is 23.2 Å². The molecule has 1 aromatic rings. The van der Waals surface area contributed by atoms with Gasteiger partial charge < -0.3 is 5.32 Å². The number of hydrogen-bond acceptors (Lipinski definition) is 3. The summed E-state index contributed by atoms with van der Waals surface area (Å²) in [7, 11) is 0. The number of benzene rings is 1. The zero-order valence-electron chi connectivity index (χ0n) is 8.94. The number of nitrogens with one attached hydrogen (secondary N) is 1. The Kier molecular flexibility index (Phi) is 4.72. The van der Waals surface area contributed by atoms with E-state index in [-0.39, 0.29) is 28.2 Å². The lowest BCUT2D eigenvalue weighted by Gasteiger charge is -2.10. The van der Waals surface area contributed by atoms with Gasteiger partial charge in [0.2, 0.25) is 0 Å². The molecule has 0 aliphatic heterocycles. The molecule has 1 N–H and O–H groups in total. The zero-order valence-corrected chi connectivity index (χ0v) is 10.5. The van der Waals surface area contributed by atoms with Gasteiger partial charge in [-0.2, -0.15) is 0 Å². The van der Waals surface area contributed by atoms with Gasteiger partial charge in [-0.3, -0.25) is 14.9 Å². The summed E-state index contributed by atoms with van der Waals surface area (Å²) in [5.41, 5.74) is -0.0812. The molecule has 5 nitrogen and oxygen atoms in total. The molecule has 0 aliphatic rings. The molecule has 92 valence electrons. The van der Waals surface area contributed by atoms with Crippen LogP contribution in [0.5, 0.6) is 0 Å². The monoisotopic (exact) mass is 276 g/mol. The molecule has 1 atom stereocenters. The zero-order chi connectivity index (χ0) is 13.0. The first-order valence-electron chi connectivity index (χ1n) is 4.76. The van der Waals surface area contributed by atoms with Crippen molar-refractivity contribution in [3.8, 4) is 0 Å². The van der Waals surface area contributed by atoms with Crippen LogP contribution in [0.4, 0.5) is 5.69 Å². The molecule has 1 amide bonds. The Morgan fingerprint density at radius 3 is 2.71 bits per heavy atom. The third kappa shape index (κ3) is 3.87. The lowest BCUT2D eigenvalue weighted by molar-refractivity contribution is -0.384. The number of hydrogen-bond donors (Lipinski definition) is 1. The quantitative estimate of drug-likeness (QED) is 0.522. The normalized spacial score (nSPS) is 11.9. The van der Waals surface area contributed by atoms with Crippen molar-refractivity contribution < 1.29 is 9.72 Å². The predicted molar refractivity (Wildman–Crippen MR) is 65.8 cm³/mol. The number of rotatable bonds is 4. The molecule has 0 bridgehead atoms. The molecule has 0 saturated heterocycles. The smallest absolute Gasteiger partial charge is 0.271 e. The molecule has 1 rings (SSSR count). The van der Waals surface area contributed by atoms with Crippen molar-refractivity contribution in [1.29, 1.82) is 0 Å². The summed E-state index contributed by atoms with van der Waals surface area (Å²) in [4.78, 5) is 21.7. The van der Waals surface area contributed by atoms with Crippen LogP contribution in [-0.2, 0) is 0 Å². The first-order valence-corrected chi connectivity index (χ1v) is 5.67. The summed E-state index contributed by atoms with van der Waals surface area (Å²) in [5, 5.41) is 13.3. The highest BCUT2D eigenvalue weighted by Gasteiger charge is 2.15. The molecule has 1 unspecified atom stereocenters. The summed E-state index contributed by atoms with van der Waals surface area (Å²) in [6, 6.07) is 3.50. The molecule has 0 spiro atoms. The van der Waals surface area contributed by atoms with Crippen LogP contribution in [0.1, 0.15) is 17.3 Å². The molecule has 0 fully saturated rings. The maximum Gasteiger partial charge on any atom is 0.271 e. The van der Waals surface area contributed by atoms with Gasteiger partial charge in [0.1, 0.15) is 0 Å². The van der Waals surface area contributed by atoms with Crippen molar-refractivity contribution in [2.24, 2.45) is 0 Å². The van der Waals surface area contributed by atoms with Crippen molar-refractivity contribution >= 4 is 34.8 Å². The average Bonchev–Trinajstić information content (AvgIpc) is 2.27. The number of nitro benzene ring substituents is 1. The van der Waals surface area contributed by atoms with E-state index in [0.717, 1.165) is 0 Å². The highest BCUT2D eigenvalue weighted by molar-refractivity contribution is 6.31. The second-order valence-electron chi connectivity index (χ2n) is 3.48. The molecular formula is C10H10Cl2N2O3. The number of halogens is 2. The minimum atomic E-state index is -0.604. The van der Waals surface area contributed by atoms with Gasteiger partial charge in [0, 0.05) is 34.6 Å². The van der Waals surface area contributed by atoms with Gasteiger partial charge in [0.05, 0.1) is 4.92 Å². The van der Waals surface area contributed by atoms with E-state index >= 15 is 0 Å². The van der Waals surface area contributed by atoms with Crippen LogP contribution in [-0.4, -0.2) is 22.8 Å². The predicted octanol–water partition coefficient (Wildman–Crippen LogP) is 2.61. The van der Waals surface area contributed by atoms with Gasteiger partial charge >= 0.3 is 0 Å². The third-order valence-corrected chi connectivity index (χ3v) is 2.65. The van der Waals surface area contributed by atoms with Crippen molar-refractivity contribution in [2.75, 3.05) is 5.88 Å². The molecule has 0 aromatic heterocycles. The molecule has 0 aliphatic carbocycles. The fraction of sp³-hybridized carbons (Fsp3) is 0.300. The Labute approximate surface area is 108 Å². The number of non-ortho nitro benzene ring substituents is 1. The lowest BCUT2D eigenvalue weighted by Crippen LogP contribution is -2.33. The maximum absolute atomic E-state index is 11.7. The Balaban J connectivity index is 2.97. The Morgan fingerprint density at radius 1 is 1.53 bits per heavy atom. The van der Waals surface area contributed by atoms with Crippen LogP contribution in [0, 0.1) is 10.1 Å². The van der Waals surface area contributed by atoms with Gasteiger partial charge in [0.15, 0.2) is 0 Å². The fourth-order valence-electron chi connectivity index (χ4n) is 1.16. The Hall–Kier alpha value is -1.33. The number of nitro groups is 1. The van der Waals surface area contributed by atoms with Crippen molar-refractivity contribution in [3.05, 3.63) is 38.9 Å². The highest BCUT2D eigenvalue weighted by atomic mass is 35.5. The van der Waals surface area contributed by atoms with Gasteiger partial charge in [0.25, 0.3) is 11.6 Å². The molecule has 0 heterocycles. The topological polar surface area (TPSA) is 72.2 Å². The average molecular weight is 277 g/mol. The van der Waals surface area contributed by atoms with Crippen LogP contribution in [0.25, 0.3) is 0 Å². The summed E-state index contributed by atoms with van der Waals surface area (Å²) in [6.07, 6.45) is 0. The van der Waals surface area contributed by atoms with Crippen LogP contribution in [0.3, 0.4) is 0 Å². The van der Waals surface area contributed by atoms with Crippen LogP contribution in [0.15, 0.2) is 18.2 Å². The molecule has 0 radical (unpaired) electrons. The van der Waals surface area contributed by atoms with E-state index in [1.165, 1.54) is 18.2 Å². The SMILES string of the molecule is CC(CCl)NC(=O)c1cc(Cl)cc([N+](=O)[O-])c1. The minimum Gasteiger partial charge on any atom is -0.348 e. The number of carbonyl (C=O) groups is 1. The van der Waals surface area contributed by atoms with E-state index in [0.29, 0.717) is 0 Å². The van der Waals surface area contributed by atoms with E-state index in [4.69, 9.17) is 23.2 Å². The van der Waals surface area contributed by atoms with Crippen molar-refractivity contribution in [1.82, 2.24) is 5.32 Å². The van der Waals surface area contributed by atoms with E-state index in [2.05, 4.69) is 5.32 Å². The molecule has 1 aromatic carbocycles. The van der Waals surface area contributed by atoms with Gasteiger partial charge in [-0.15, -0.1) is 11.6 Å². The summed E-state index contributed by atoms with van der Waals surface area (Å²) in [6.45, 7) is 1.73. The van der Waals surface area contributed by atoms with E-state index in [9.17, 15) is 14.9 Å². The molecule has 0 saturated carbocycles. The summed E-state index contributed by atoms with van der Waals surface area (Å²) < 4.78 is 0. The largest absolute Gasteiger partial charge is 0.348 e. The first-order chi connectivity index (χ1) is 7.93. The van der Waals surface area contributed by atoms with Gasteiger partial charge in [-0.25, -0.2) is 0 Å². The second-order valence-corrected chi connectivity index (χ2v) is 4.23. The molecule has 17 heavy (non-hydrogen) atoms. The van der Waals surface area contributed by atoms with Crippen LogP contribution in [0.2, 0.25) is 5.02 Å². The lowest BCUT2D eigenvalue weighted by atomic mass is 10.2. The second kappa shape index (κ2) is 5.84. The standard InChI is InChI=1S/C10H10Cl2N2O3/c1-6(5-11)13-10(15)7-2-8(12)4-9(3-7)14(16)17/h2-4,6H,5H2,1H3,(H,13,15). The Bertz CT molecular complexity index is 451. The third-order valence-electron chi connectivity index (χ3n) is 1.96. The van der Waals surface area contributed by atoms with Gasteiger partial charge in [-0.1, -0.05) is 11.6 Å². The minimum absolute atomic E-state index is 0.140.